The van der Waals surface area contributed by atoms with Gasteiger partial charge in [-0.3, -0.25) is 9.59 Å². The highest BCUT2D eigenvalue weighted by Crippen LogP contribution is 2.28. The van der Waals surface area contributed by atoms with Crippen molar-refractivity contribution in [2.75, 3.05) is 17.2 Å². The van der Waals surface area contributed by atoms with E-state index in [2.05, 4.69) is 26.1 Å². The SMILES string of the molecule is O=C(COc1ccc(/C=N\NC(=O)c2ccc(-c3csc(Nc4ccc(Cl)cc4)n3)cc2)cc1Cl)Nc1ccccc1Cl. The molecule has 43 heavy (non-hydrogen) atoms. The molecule has 8 nitrogen and oxygen atoms in total. The molecule has 0 aliphatic carbocycles. The standard InChI is InChI=1S/C31H22Cl3N5O3S/c32-22-10-12-23(13-11-22)36-31-38-27(18-43-31)20-6-8-21(9-7-20)30(41)39-35-16-19-5-14-28(25(34)15-19)42-17-29(40)37-26-4-2-1-3-24(26)33/h1-16,18H,17H2,(H,36,38)(H,37,40)(H,39,41)/b35-16-. The molecule has 5 aromatic rings. The Morgan fingerprint density at radius 1 is 0.907 bits per heavy atom. The van der Waals surface area contributed by atoms with Gasteiger partial charge in [-0.05, 0) is 72.3 Å². The molecule has 0 saturated carbocycles. The van der Waals surface area contributed by atoms with Crippen LogP contribution in [0.1, 0.15) is 15.9 Å². The van der Waals surface area contributed by atoms with E-state index in [4.69, 9.17) is 39.5 Å². The van der Waals surface area contributed by atoms with Gasteiger partial charge in [0.05, 0.1) is 27.6 Å². The van der Waals surface area contributed by atoms with Crippen molar-refractivity contribution in [2.24, 2.45) is 5.10 Å². The van der Waals surface area contributed by atoms with Crippen LogP contribution < -0.4 is 20.8 Å². The van der Waals surface area contributed by atoms with Crippen LogP contribution >= 0.6 is 46.1 Å². The Labute approximate surface area is 266 Å². The second kappa shape index (κ2) is 14.2. The molecule has 0 aliphatic heterocycles. The maximum absolute atomic E-state index is 12.6. The maximum Gasteiger partial charge on any atom is 0.271 e. The number of hydrogen-bond acceptors (Lipinski definition) is 7. The van der Waals surface area contributed by atoms with Gasteiger partial charge in [0.25, 0.3) is 11.8 Å². The topological polar surface area (TPSA) is 105 Å². The van der Waals surface area contributed by atoms with Crippen molar-refractivity contribution in [1.82, 2.24) is 10.4 Å². The third-order valence-electron chi connectivity index (χ3n) is 5.88. The minimum atomic E-state index is -0.381. The fourth-order valence-corrected chi connectivity index (χ4v) is 5.04. The molecule has 216 valence electrons. The van der Waals surface area contributed by atoms with Crippen molar-refractivity contribution in [2.45, 2.75) is 0 Å². The quantitative estimate of drug-likeness (QED) is 0.104. The lowest BCUT2D eigenvalue weighted by molar-refractivity contribution is -0.118. The zero-order valence-corrected chi connectivity index (χ0v) is 25.3. The van der Waals surface area contributed by atoms with E-state index in [1.807, 2.05) is 41.8 Å². The average molecular weight is 651 g/mol. The molecule has 2 amide bonds. The van der Waals surface area contributed by atoms with Crippen molar-refractivity contribution in [3.8, 4) is 17.0 Å². The first-order valence-electron chi connectivity index (χ1n) is 12.7. The summed E-state index contributed by atoms with van der Waals surface area (Å²) >= 11 is 19.8. The maximum atomic E-state index is 12.6. The third-order valence-corrected chi connectivity index (χ3v) is 7.52. The molecule has 0 saturated heterocycles. The number of halogens is 3. The minimum absolute atomic E-state index is 0.253. The lowest BCUT2D eigenvalue weighted by Crippen LogP contribution is -2.20. The van der Waals surface area contributed by atoms with Gasteiger partial charge in [-0.2, -0.15) is 5.10 Å². The van der Waals surface area contributed by atoms with Crippen LogP contribution in [0.2, 0.25) is 15.1 Å². The summed E-state index contributed by atoms with van der Waals surface area (Å²) < 4.78 is 5.53. The second-order valence-corrected chi connectivity index (χ2v) is 11.1. The smallest absolute Gasteiger partial charge is 0.271 e. The number of hydrazone groups is 1. The zero-order valence-electron chi connectivity index (χ0n) is 22.2. The van der Waals surface area contributed by atoms with Gasteiger partial charge in [-0.1, -0.05) is 59.1 Å². The van der Waals surface area contributed by atoms with Crippen LogP contribution in [0.3, 0.4) is 0 Å². The molecule has 4 aromatic carbocycles. The molecular weight excluding hydrogens is 629 g/mol. The van der Waals surface area contributed by atoms with Gasteiger partial charge in [0, 0.05) is 27.2 Å². The van der Waals surface area contributed by atoms with E-state index in [9.17, 15) is 9.59 Å². The van der Waals surface area contributed by atoms with E-state index in [0.29, 0.717) is 32.6 Å². The third kappa shape index (κ3) is 8.33. The Morgan fingerprint density at radius 2 is 1.67 bits per heavy atom. The number of nitrogens with zero attached hydrogens (tertiary/aromatic N) is 2. The summed E-state index contributed by atoms with van der Waals surface area (Å²) in [7, 11) is 0. The number of carbonyl (C=O) groups is 2. The van der Waals surface area contributed by atoms with Crippen molar-refractivity contribution in [1.29, 1.82) is 0 Å². The average Bonchev–Trinajstić information content (AvgIpc) is 3.47. The van der Waals surface area contributed by atoms with E-state index >= 15 is 0 Å². The van der Waals surface area contributed by atoms with Gasteiger partial charge >= 0.3 is 0 Å². The van der Waals surface area contributed by atoms with Gasteiger partial charge in [0.1, 0.15) is 5.75 Å². The van der Waals surface area contributed by atoms with Crippen LogP contribution in [0.25, 0.3) is 11.3 Å². The molecule has 1 heterocycles. The van der Waals surface area contributed by atoms with E-state index < -0.39 is 0 Å². The largest absolute Gasteiger partial charge is 0.482 e. The van der Waals surface area contributed by atoms with E-state index in [-0.39, 0.29) is 23.4 Å². The van der Waals surface area contributed by atoms with E-state index in [1.165, 1.54) is 17.6 Å². The van der Waals surface area contributed by atoms with Gasteiger partial charge in [0.15, 0.2) is 11.7 Å². The van der Waals surface area contributed by atoms with Crippen molar-refractivity contribution < 1.29 is 14.3 Å². The first kappa shape index (κ1) is 30.1. The zero-order chi connectivity index (χ0) is 30.2. The molecule has 0 aliphatic rings. The number of anilines is 3. The monoisotopic (exact) mass is 649 g/mol. The van der Waals surface area contributed by atoms with Crippen LogP contribution in [0.4, 0.5) is 16.5 Å². The van der Waals surface area contributed by atoms with Gasteiger partial charge in [0.2, 0.25) is 0 Å². The highest BCUT2D eigenvalue weighted by atomic mass is 35.5. The number of thiazole rings is 1. The predicted octanol–water partition coefficient (Wildman–Crippen LogP) is 8.30. The molecule has 5 rings (SSSR count). The first-order chi connectivity index (χ1) is 20.8. The van der Waals surface area contributed by atoms with Crippen molar-refractivity contribution in [3.05, 3.63) is 123 Å². The van der Waals surface area contributed by atoms with Crippen molar-refractivity contribution >= 4 is 80.7 Å². The Morgan fingerprint density at radius 3 is 2.42 bits per heavy atom. The van der Waals surface area contributed by atoms with Gasteiger partial charge < -0.3 is 15.4 Å². The summed E-state index contributed by atoms with van der Waals surface area (Å²) in [5, 5.41) is 14.0. The number of aromatic nitrogens is 1. The predicted molar refractivity (Wildman–Crippen MR) is 174 cm³/mol. The summed E-state index contributed by atoms with van der Waals surface area (Å²) in [6.45, 7) is -0.253. The van der Waals surface area contributed by atoms with E-state index in [0.717, 1.165) is 22.1 Å². The van der Waals surface area contributed by atoms with Crippen LogP contribution in [0, 0.1) is 0 Å². The number of rotatable bonds is 10. The number of amides is 2. The molecule has 0 unspecified atom stereocenters. The minimum Gasteiger partial charge on any atom is -0.482 e. The Hall–Kier alpha value is -4.41. The summed E-state index contributed by atoms with van der Waals surface area (Å²) in [5.74, 6) is -0.431. The fourth-order valence-electron chi connectivity index (χ4n) is 3.75. The van der Waals surface area contributed by atoms with Crippen LogP contribution in [0.5, 0.6) is 5.75 Å². The molecule has 0 fully saturated rings. The second-order valence-electron chi connectivity index (χ2n) is 8.95. The first-order valence-corrected chi connectivity index (χ1v) is 14.7. The summed E-state index contributed by atoms with van der Waals surface area (Å²) in [6.07, 6.45) is 1.45. The number of carbonyl (C=O) groups excluding carboxylic acids is 2. The molecule has 0 atom stereocenters. The van der Waals surface area contributed by atoms with Crippen molar-refractivity contribution in [3.63, 3.8) is 0 Å². The number of para-hydroxylation sites is 1. The van der Waals surface area contributed by atoms with Crippen LogP contribution in [-0.2, 0) is 4.79 Å². The molecule has 0 radical (unpaired) electrons. The number of ether oxygens (including phenoxy) is 1. The lowest BCUT2D eigenvalue weighted by Gasteiger charge is -2.10. The number of nitrogens with one attached hydrogen (secondary N) is 3. The Bertz CT molecular complexity index is 1780. The van der Waals surface area contributed by atoms with E-state index in [1.54, 1.807) is 54.6 Å². The molecule has 0 bridgehead atoms. The molecular formula is C31H22Cl3N5O3S. The van der Waals surface area contributed by atoms with Gasteiger partial charge in [-0.25, -0.2) is 10.4 Å². The highest BCUT2D eigenvalue weighted by Gasteiger charge is 2.10. The lowest BCUT2D eigenvalue weighted by atomic mass is 10.1. The summed E-state index contributed by atoms with van der Waals surface area (Å²) in [6, 6.07) is 26.3. The van der Waals surface area contributed by atoms with Crippen LogP contribution in [0.15, 0.2) is 101 Å². The fraction of sp³-hybridized carbons (Fsp3) is 0.0323. The molecule has 12 heteroatoms. The molecule has 3 N–H and O–H groups in total. The molecule has 0 spiro atoms. The highest BCUT2D eigenvalue weighted by molar-refractivity contribution is 7.14. The van der Waals surface area contributed by atoms with Crippen LogP contribution in [-0.4, -0.2) is 29.6 Å². The molecule has 1 aromatic heterocycles. The van der Waals surface area contributed by atoms with Gasteiger partial charge in [-0.15, -0.1) is 11.3 Å². The Kier molecular flexibility index (Phi) is 9.91. The normalized spacial score (nSPS) is 10.9. The Balaban J connectivity index is 1.11. The summed E-state index contributed by atoms with van der Waals surface area (Å²) in [4.78, 5) is 29.4. The summed E-state index contributed by atoms with van der Waals surface area (Å²) in [5.41, 5.74) is 6.61. The number of benzene rings is 4. The number of hydrogen-bond donors (Lipinski definition) is 3.